The van der Waals surface area contributed by atoms with E-state index in [0.717, 1.165) is 18.7 Å². The summed E-state index contributed by atoms with van der Waals surface area (Å²) in [6.07, 6.45) is 7.01. The van der Waals surface area contributed by atoms with Gasteiger partial charge in [-0.3, -0.25) is 18.8 Å². The van der Waals surface area contributed by atoms with E-state index in [-0.39, 0.29) is 30.5 Å². The number of rotatable bonds is 6. The lowest BCUT2D eigenvalue weighted by Gasteiger charge is -2.29. The SMILES string of the molecule is CC(NC(=O)CCn1cnc2c(cnn2C)c1=O)c1ccc(N2CCCCC2)cc1. The fourth-order valence-electron chi connectivity index (χ4n) is 3.97. The largest absolute Gasteiger partial charge is 0.372 e. The van der Waals surface area contributed by atoms with E-state index in [1.54, 1.807) is 11.7 Å². The van der Waals surface area contributed by atoms with E-state index >= 15 is 0 Å². The van der Waals surface area contributed by atoms with Crippen molar-refractivity contribution in [3.8, 4) is 0 Å². The van der Waals surface area contributed by atoms with Gasteiger partial charge in [0.1, 0.15) is 5.39 Å². The van der Waals surface area contributed by atoms with E-state index in [2.05, 4.69) is 44.6 Å². The van der Waals surface area contributed by atoms with Gasteiger partial charge in [-0.1, -0.05) is 12.1 Å². The summed E-state index contributed by atoms with van der Waals surface area (Å²) >= 11 is 0. The number of anilines is 1. The maximum Gasteiger partial charge on any atom is 0.264 e. The molecule has 1 aliphatic heterocycles. The normalized spacial score (nSPS) is 15.3. The summed E-state index contributed by atoms with van der Waals surface area (Å²) in [5.41, 5.74) is 2.68. The third kappa shape index (κ3) is 4.22. The average Bonchev–Trinajstić information content (AvgIpc) is 3.15. The van der Waals surface area contributed by atoms with Crippen LogP contribution >= 0.6 is 0 Å². The van der Waals surface area contributed by atoms with Crippen molar-refractivity contribution in [3.63, 3.8) is 0 Å². The summed E-state index contributed by atoms with van der Waals surface area (Å²) in [6.45, 7) is 4.49. The van der Waals surface area contributed by atoms with Crippen LogP contribution in [0.1, 0.15) is 44.2 Å². The number of carbonyl (C=O) groups excluding carboxylic acids is 1. The van der Waals surface area contributed by atoms with Crippen molar-refractivity contribution in [2.45, 2.75) is 45.2 Å². The molecule has 3 heterocycles. The van der Waals surface area contributed by atoms with Crippen LogP contribution in [0.5, 0.6) is 0 Å². The second-order valence-corrected chi connectivity index (χ2v) is 7.93. The van der Waals surface area contributed by atoms with Gasteiger partial charge in [0.25, 0.3) is 5.56 Å². The van der Waals surface area contributed by atoms with Gasteiger partial charge in [0.15, 0.2) is 5.65 Å². The first kappa shape index (κ1) is 20.1. The quantitative estimate of drug-likeness (QED) is 0.677. The Bertz CT molecular complexity index is 1080. The highest BCUT2D eigenvalue weighted by molar-refractivity contribution is 5.76. The van der Waals surface area contributed by atoms with Crippen molar-refractivity contribution in [2.75, 3.05) is 18.0 Å². The highest BCUT2D eigenvalue weighted by atomic mass is 16.2. The minimum atomic E-state index is -0.178. The van der Waals surface area contributed by atoms with Crippen LogP contribution in [0.25, 0.3) is 11.0 Å². The highest BCUT2D eigenvalue weighted by Gasteiger charge is 2.14. The Morgan fingerprint density at radius 3 is 2.63 bits per heavy atom. The van der Waals surface area contributed by atoms with Crippen LogP contribution < -0.4 is 15.8 Å². The number of carbonyl (C=O) groups is 1. The van der Waals surface area contributed by atoms with Gasteiger partial charge in [-0.05, 0) is 43.9 Å². The van der Waals surface area contributed by atoms with Gasteiger partial charge in [0, 0.05) is 38.8 Å². The van der Waals surface area contributed by atoms with Gasteiger partial charge >= 0.3 is 0 Å². The zero-order valence-electron chi connectivity index (χ0n) is 17.5. The molecule has 1 amide bonds. The van der Waals surface area contributed by atoms with E-state index in [1.807, 2.05) is 6.92 Å². The van der Waals surface area contributed by atoms with Gasteiger partial charge < -0.3 is 10.2 Å². The summed E-state index contributed by atoms with van der Waals surface area (Å²) in [5, 5.41) is 7.54. The molecule has 3 aromatic rings. The summed E-state index contributed by atoms with van der Waals surface area (Å²) < 4.78 is 3.02. The predicted molar refractivity (Wildman–Crippen MR) is 116 cm³/mol. The molecule has 1 unspecified atom stereocenters. The predicted octanol–water partition coefficient (Wildman–Crippen LogP) is 2.39. The molecule has 0 bridgehead atoms. The third-order valence-electron chi connectivity index (χ3n) is 5.79. The molecular weight excluding hydrogens is 380 g/mol. The highest BCUT2D eigenvalue weighted by Crippen LogP contribution is 2.22. The van der Waals surface area contributed by atoms with Crippen molar-refractivity contribution in [1.82, 2.24) is 24.6 Å². The monoisotopic (exact) mass is 408 g/mol. The van der Waals surface area contributed by atoms with Gasteiger partial charge in [0.05, 0.1) is 18.6 Å². The summed E-state index contributed by atoms with van der Waals surface area (Å²) in [7, 11) is 1.74. The van der Waals surface area contributed by atoms with Crippen LogP contribution in [0.15, 0.2) is 41.6 Å². The molecule has 0 spiro atoms. The molecular formula is C22H28N6O2. The Labute approximate surface area is 175 Å². The topological polar surface area (TPSA) is 85.0 Å². The molecule has 158 valence electrons. The van der Waals surface area contributed by atoms with Gasteiger partial charge in [-0.15, -0.1) is 0 Å². The molecule has 8 heteroatoms. The van der Waals surface area contributed by atoms with E-state index in [0.29, 0.717) is 11.0 Å². The summed E-state index contributed by atoms with van der Waals surface area (Å²) in [5.74, 6) is -0.0965. The van der Waals surface area contributed by atoms with Crippen molar-refractivity contribution in [1.29, 1.82) is 0 Å². The first-order valence-corrected chi connectivity index (χ1v) is 10.5. The number of hydrogen-bond donors (Lipinski definition) is 1. The molecule has 8 nitrogen and oxygen atoms in total. The zero-order chi connectivity index (χ0) is 21.1. The number of piperidine rings is 1. The summed E-state index contributed by atoms with van der Waals surface area (Å²) in [4.78, 5) is 31.6. The van der Waals surface area contributed by atoms with Crippen LogP contribution in [0.3, 0.4) is 0 Å². The van der Waals surface area contributed by atoms with E-state index in [4.69, 9.17) is 0 Å². The van der Waals surface area contributed by atoms with Crippen molar-refractivity contribution in [2.24, 2.45) is 7.05 Å². The maximum absolute atomic E-state index is 12.5. The summed E-state index contributed by atoms with van der Waals surface area (Å²) in [6, 6.07) is 8.35. The van der Waals surface area contributed by atoms with Crippen molar-refractivity contribution in [3.05, 3.63) is 52.7 Å². The smallest absolute Gasteiger partial charge is 0.264 e. The number of fused-ring (bicyclic) bond motifs is 1. The molecule has 0 aliphatic carbocycles. The third-order valence-corrected chi connectivity index (χ3v) is 5.79. The Kier molecular flexibility index (Phi) is 5.83. The molecule has 0 saturated carbocycles. The number of nitrogens with one attached hydrogen (secondary N) is 1. The van der Waals surface area contributed by atoms with Crippen LogP contribution in [-0.4, -0.2) is 38.3 Å². The molecule has 0 radical (unpaired) electrons. The fourth-order valence-corrected chi connectivity index (χ4v) is 3.97. The number of nitrogens with zero attached hydrogens (tertiary/aromatic N) is 5. The molecule has 1 fully saturated rings. The Morgan fingerprint density at radius 2 is 1.90 bits per heavy atom. The van der Waals surface area contributed by atoms with Crippen molar-refractivity contribution >= 4 is 22.6 Å². The van der Waals surface area contributed by atoms with Gasteiger partial charge in [-0.2, -0.15) is 5.10 Å². The Hall–Kier alpha value is -3.16. The minimum Gasteiger partial charge on any atom is -0.372 e. The lowest BCUT2D eigenvalue weighted by Crippen LogP contribution is -2.30. The second kappa shape index (κ2) is 8.69. The number of benzene rings is 1. The average molecular weight is 409 g/mol. The molecule has 1 aromatic carbocycles. The van der Waals surface area contributed by atoms with Gasteiger partial charge in [0.2, 0.25) is 5.91 Å². The van der Waals surface area contributed by atoms with Gasteiger partial charge in [-0.25, -0.2) is 4.98 Å². The van der Waals surface area contributed by atoms with Crippen LogP contribution in [0, 0.1) is 0 Å². The molecule has 4 rings (SSSR count). The number of aromatic nitrogens is 4. The molecule has 1 N–H and O–H groups in total. The lowest BCUT2D eigenvalue weighted by molar-refractivity contribution is -0.121. The van der Waals surface area contributed by atoms with E-state index < -0.39 is 0 Å². The molecule has 30 heavy (non-hydrogen) atoms. The zero-order valence-corrected chi connectivity index (χ0v) is 17.5. The standard InChI is InChI=1S/C22H28N6O2/c1-16(17-6-8-18(9-7-17)27-11-4-3-5-12-27)25-20(29)10-13-28-15-23-21-19(22(28)30)14-24-26(21)2/h6-9,14-16H,3-5,10-13H2,1-2H3,(H,25,29). The van der Waals surface area contributed by atoms with Crippen molar-refractivity contribution < 1.29 is 4.79 Å². The lowest BCUT2D eigenvalue weighted by atomic mass is 10.1. The van der Waals surface area contributed by atoms with Crippen LogP contribution in [0.4, 0.5) is 5.69 Å². The minimum absolute atomic E-state index is 0.0939. The first-order chi connectivity index (χ1) is 14.5. The molecule has 1 atom stereocenters. The second-order valence-electron chi connectivity index (χ2n) is 7.93. The molecule has 2 aromatic heterocycles. The number of amides is 1. The molecule has 1 saturated heterocycles. The van der Waals surface area contributed by atoms with Crippen LogP contribution in [-0.2, 0) is 18.4 Å². The van der Waals surface area contributed by atoms with Crippen LogP contribution in [0.2, 0.25) is 0 Å². The van der Waals surface area contributed by atoms with E-state index in [1.165, 1.54) is 42.0 Å². The first-order valence-electron chi connectivity index (χ1n) is 10.5. The maximum atomic E-state index is 12.5. The fraction of sp³-hybridized carbons (Fsp3) is 0.455. The Balaban J connectivity index is 1.33. The number of hydrogen-bond acceptors (Lipinski definition) is 5. The Morgan fingerprint density at radius 1 is 1.17 bits per heavy atom. The number of aryl methyl sites for hydroxylation is 2. The van der Waals surface area contributed by atoms with E-state index in [9.17, 15) is 9.59 Å². The molecule has 1 aliphatic rings.